The van der Waals surface area contributed by atoms with E-state index in [-0.39, 0.29) is 5.91 Å². The van der Waals surface area contributed by atoms with Crippen LogP contribution in [-0.2, 0) is 0 Å². The lowest BCUT2D eigenvalue weighted by Gasteiger charge is -2.16. The fourth-order valence-corrected chi connectivity index (χ4v) is 2.38. The van der Waals surface area contributed by atoms with Gasteiger partial charge in [0.15, 0.2) is 0 Å². The number of thiophene rings is 1. The Hall–Kier alpha value is -2.01. The first-order chi connectivity index (χ1) is 9.70. The molecule has 0 bridgehead atoms. The molecule has 0 saturated heterocycles. The second kappa shape index (κ2) is 6.96. The zero-order valence-corrected chi connectivity index (χ0v) is 12.4. The summed E-state index contributed by atoms with van der Waals surface area (Å²) in [7, 11) is 3.40. The van der Waals surface area contributed by atoms with E-state index in [1.165, 1.54) is 11.3 Å². The van der Waals surface area contributed by atoms with Gasteiger partial charge in [0.05, 0.1) is 18.5 Å². The first-order valence-electron chi connectivity index (χ1n) is 6.26. The summed E-state index contributed by atoms with van der Waals surface area (Å²) >= 11 is 1.45. The summed E-state index contributed by atoms with van der Waals surface area (Å²) in [6.07, 6.45) is 0. The van der Waals surface area contributed by atoms with Gasteiger partial charge < -0.3 is 14.4 Å². The predicted molar refractivity (Wildman–Crippen MR) is 79.8 cm³/mol. The third-order valence-corrected chi connectivity index (χ3v) is 3.69. The van der Waals surface area contributed by atoms with Crippen LogP contribution in [0.15, 0.2) is 41.8 Å². The number of nitrogens with zero attached hydrogens (tertiary/aromatic N) is 1. The Labute approximate surface area is 122 Å². The van der Waals surface area contributed by atoms with Gasteiger partial charge in [-0.3, -0.25) is 4.79 Å². The molecule has 0 N–H and O–H groups in total. The average Bonchev–Trinajstić information content (AvgIpc) is 3.01. The lowest BCUT2D eigenvalue weighted by atomic mass is 10.3. The van der Waals surface area contributed by atoms with E-state index >= 15 is 0 Å². The van der Waals surface area contributed by atoms with Crippen molar-refractivity contribution in [2.24, 2.45) is 0 Å². The van der Waals surface area contributed by atoms with E-state index in [4.69, 9.17) is 9.47 Å². The molecule has 4 nitrogen and oxygen atoms in total. The van der Waals surface area contributed by atoms with E-state index in [1.54, 1.807) is 19.1 Å². The number of rotatable bonds is 6. The van der Waals surface area contributed by atoms with Gasteiger partial charge in [-0.05, 0) is 35.7 Å². The van der Waals surface area contributed by atoms with Crippen molar-refractivity contribution in [1.29, 1.82) is 0 Å². The maximum absolute atomic E-state index is 12.0. The molecule has 2 aromatic rings. The minimum absolute atomic E-state index is 0.0262. The normalized spacial score (nSPS) is 10.1. The molecule has 5 heteroatoms. The Balaban J connectivity index is 1.78. The SMILES string of the molecule is COc1ccc(OCCN(C)C(=O)c2cccs2)cc1. The van der Waals surface area contributed by atoms with Crippen molar-refractivity contribution in [2.75, 3.05) is 27.3 Å². The molecule has 0 aliphatic rings. The Morgan fingerprint density at radius 1 is 1.20 bits per heavy atom. The number of methoxy groups -OCH3 is 1. The van der Waals surface area contributed by atoms with Gasteiger partial charge in [-0.25, -0.2) is 0 Å². The van der Waals surface area contributed by atoms with Crippen molar-refractivity contribution in [3.63, 3.8) is 0 Å². The van der Waals surface area contributed by atoms with Gasteiger partial charge in [0, 0.05) is 7.05 Å². The molecule has 0 atom stereocenters. The molecule has 2 rings (SSSR count). The molecule has 20 heavy (non-hydrogen) atoms. The third kappa shape index (κ3) is 3.74. The van der Waals surface area contributed by atoms with E-state index in [0.717, 1.165) is 16.4 Å². The van der Waals surface area contributed by atoms with Crippen LogP contribution in [0.2, 0.25) is 0 Å². The topological polar surface area (TPSA) is 38.8 Å². The molecule has 0 spiro atoms. The maximum atomic E-state index is 12.0. The number of benzene rings is 1. The van der Waals surface area contributed by atoms with E-state index in [0.29, 0.717) is 13.2 Å². The van der Waals surface area contributed by atoms with Crippen LogP contribution in [0, 0.1) is 0 Å². The zero-order valence-electron chi connectivity index (χ0n) is 11.5. The molecule has 1 amide bonds. The maximum Gasteiger partial charge on any atom is 0.263 e. The lowest BCUT2D eigenvalue weighted by Crippen LogP contribution is -2.30. The average molecular weight is 291 g/mol. The van der Waals surface area contributed by atoms with Crippen molar-refractivity contribution < 1.29 is 14.3 Å². The highest BCUT2D eigenvalue weighted by molar-refractivity contribution is 7.12. The highest BCUT2D eigenvalue weighted by Gasteiger charge is 2.12. The molecular formula is C15H17NO3S. The zero-order chi connectivity index (χ0) is 14.4. The van der Waals surface area contributed by atoms with E-state index < -0.39 is 0 Å². The second-order valence-corrected chi connectivity index (χ2v) is 5.18. The molecule has 0 unspecified atom stereocenters. The summed E-state index contributed by atoms with van der Waals surface area (Å²) in [5, 5.41) is 1.90. The van der Waals surface area contributed by atoms with Crippen molar-refractivity contribution in [3.8, 4) is 11.5 Å². The molecule has 106 valence electrons. The summed E-state index contributed by atoms with van der Waals surface area (Å²) in [6.45, 7) is 1.00. The van der Waals surface area contributed by atoms with E-state index in [1.807, 2.05) is 41.8 Å². The molecular weight excluding hydrogens is 274 g/mol. The van der Waals surface area contributed by atoms with Gasteiger partial charge in [0.1, 0.15) is 18.1 Å². The molecule has 0 radical (unpaired) electrons. The number of hydrogen-bond donors (Lipinski definition) is 0. The summed E-state index contributed by atoms with van der Waals surface area (Å²) in [6, 6.07) is 11.1. The predicted octanol–water partition coefficient (Wildman–Crippen LogP) is 2.91. The first kappa shape index (κ1) is 14.4. The summed E-state index contributed by atoms with van der Waals surface area (Å²) < 4.78 is 10.7. The Morgan fingerprint density at radius 2 is 1.90 bits per heavy atom. The first-order valence-corrected chi connectivity index (χ1v) is 7.14. The van der Waals surface area contributed by atoms with Crippen molar-refractivity contribution in [3.05, 3.63) is 46.7 Å². The van der Waals surface area contributed by atoms with E-state index in [2.05, 4.69) is 0 Å². The molecule has 0 aliphatic carbocycles. The van der Waals surface area contributed by atoms with Crippen LogP contribution in [0.25, 0.3) is 0 Å². The van der Waals surface area contributed by atoms with Gasteiger partial charge in [0.2, 0.25) is 0 Å². The summed E-state index contributed by atoms with van der Waals surface area (Å²) in [4.78, 5) is 14.4. The highest BCUT2D eigenvalue weighted by atomic mass is 32.1. The minimum Gasteiger partial charge on any atom is -0.497 e. The molecule has 0 fully saturated rings. The number of hydrogen-bond acceptors (Lipinski definition) is 4. The van der Waals surface area contributed by atoms with Crippen molar-refractivity contribution in [1.82, 2.24) is 4.90 Å². The largest absolute Gasteiger partial charge is 0.497 e. The molecule has 0 saturated carbocycles. The fraction of sp³-hybridized carbons (Fsp3) is 0.267. The van der Waals surface area contributed by atoms with Crippen molar-refractivity contribution >= 4 is 17.2 Å². The number of likely N-dealkylation sites (N-methyl/N-ethyl adjacent to an activating group) is 1. The van der Waals surface area contributed by atoms with E-state index in [9.17, 15) is 4.79 Å². The number of carbonyl (C=O) groups is 1. The summed E-state index contributed by atoms with van der Waals surface area (Å²) in [5.74, 6) is 1.59. The van der Waals surface area contributed by atoms with Crippen LogP contribution < -0.4 is 9.47 Å². The Bertz CT molecular complexity index is 537. The van der Waals surface area contributed by atoms with Gasteiger partial charge in [-0.2, -0.15) is 0 Å². The smallest absolute Gasteiger partial charge is 0.263 e. The van der Waals surface area contributed by atoms with Crippen LogP contribution in [0.1, 0.15) is 9.67 Å². The molecule has 1 heterocycles. The van der Waals surface area contributed by atoms with Crippen LogP contribution in [0.5, 0.6) is 11.5 Å². The van der Waals surface area contributed by atoms with Crippen molar-refractivity contribution in [2.45, 2.75) is 0 Å². The van der Waals surface area contributed by atoms with Gasteiger partial charge in [-0.15, -0.1) is 11.3 Å². The quantitative estimate of drug-likeness (QED) is 0.821. The fourth-order valence-electron chi connectivity index (χ4n) is 1.66. The van der Waals surface area contributed by atoms with Crippen LogP contribution in [0.3, 0.4) is 0 Å². The van der Waals surface area contributed by atoms with Crippen LogP contribution in [-0.4, -0.2) is 38.1 Å². The monoisotopic (exact) mass is 291 g/mol. The third-order valence-electron chi connectivity index (χ3n) is 2.83. The molecule has 1 aromatic heterocycles. The Morgan fingerprint density at radius 3 is 2.50 bits per heavy atom. The molecule has 1 aromatic carbocycles. The minimum atomic E-state index is 0.0262. The van der Waals surface area contributed by atoms with Crippen LogP contribution >= 0.6 is 11.3 Å². The van der Waals surface area contributed by atoms with Gasteiger partial charge in [-0.1, -0.05) is 6.07 Å². The van der Waals surface area contributed by atoms with Gasteiger partial charge in [0.25, 0.3) is 5.91 Å². The standard InChI is InChI=1S/C15H17NO3S/c1-16(15(17)14-4-3-11-20-14)9-10-19-13-7-5-12(18-2)6-8-13/h3-8,11H,9-10H2,1-2H3. The highest BCUT2D eigenvalue weighted by Crippen LogP contribution is 2.17. The number of amides is 1. The molecule has 0 aliphatic heterocycles. The summed E-state index contributed by atoms with van der Waals surface area (Å²) in [5.41, 5.74) is 0. The number of ether oxygens (including phenoxy) is 2. The Kier molecular flexibility index (Phi) is 5.01. The van der Waals surface area contributed by atoms with Crippen LogP contribution in [0.4, 0.5) is 0 Å². The van der Waals surface area contributed by atoms with Gasteiger partial charge >= 0.3 is 0 Å². The number of carbonyl (C=O) groups excluding carboxylic acids is 1. The second-order valence-electron chi connectivity index (χ2n) is 4.23. The lowest BCUT2D eigenvalue weighted by molar-refractivity contribution is 0.0778.